The number of anilines is 1. The van der Waals surface area contributed by atoms with E-state index in [-0.39, 0.29) is 0 Å². The number of hydrogen-bond donors (Lipinski definition) is 2. The minimum absolute atomic E-state index is 0.377. The van der Waals surface area contributed by atoms with Crippen LogP contribution < -0.4 is 15.8 Å². The standard InChI is InChI=1S/C22H24N2O5S/c1-2-28-16-9-5-3-7-14(16)11-12-19(26)29-13-18(25)24-22-20(21(23)27)15-8-4-6-10-17(15)30-22/h3,5,7,9,11-12H,2,4,6,8,10,13H2,1H3,(H2,23,27)(H,24,25)/b12-11+. The smallest absolute Gasteiger partial charge is 0.331 e. The molecule has 1 aromatic heterocycles. The minimum atomic E-state index is -0.656. The highest BCUT2D eigenvalue weighted by atomic mass is 32.1. The molecule has 0 spiro atoms. The van der Waals surface area contributed by atoms with Crippen LogP contribution in [0.5, 0.6) is 5.75 Å². The molecule has 8 heteroatoms. The number of thiophene rings is 1. The highest BCUT2D eigenvalue weighted by molar-refractivity contribution is 7.17. The first kappa shape index (κ1) is 21.6. The maximum Gasteiger partial charge on any atom is 0.331 e. The second-order valence-electron chi connectivity index (χ2n) is 6.74. The number of para-hydroxylation sites is 1. The summed E-state index contributed by atoms with van der Waals surface area (Å²) >= 11 is 1.37. The van der Waals surface area contributed by atoms with Gasteiger partial charge in [-0.05, 0) is 50.3 Å². The molecule has 1 aliphatic carbocycles. The molecular formula is C22H24N2O5S. The number of hydrogen-bond acceptors (Lipinski definition) is 6. The Morgan fingerprint density at radius 1 is 1.20 bits per heavy atom. The molecule has 2 aromatic rings. The van der Waals surface area contributed by atoms with Gasteiger partial charge in [-0.3, -0.25) is 9.59 Å². The molecule has 0 atom stereocenters. The number of nitrogens with two attached hydrogens (primary N) is 1. The second-order valence-corrected chi connectivity index (χ2v) is 7.84. The van der Waals surface area contributed by atoms with Crippen LogP contribution in [0.3, 0.4) is 0 Å². The van der Waals surface area contributed by atoms with Crippen molar-refractivity contribution >= 4 is 40.2 Å². The molecule has 0 unspecified atom stereocenters. The van der Waals surface area contributed by atoms with Gasteiger partial charge in [0.2, 0.25) is 0 Å². The van der Waals surface area contributed by atoms with Crippen LogP contribution in [0.15, 0.2) is 30.3 Å². The highest BCUT2D eigenvalue weighted by Gasteiger charge is 2.25. The van der Waals surface area contributed by atoms with E-state index >= 15 is 0 Å². The zero-order valence-corrected chi connectivity index (χ0v) is 17.6. The molecule has 1 heterocycles. The van der Waals surface area contributed by atoms with Crippen molar-refractivity contribution < 1.29 is 23.9 Å². The molecule has 30 heavy (non-hydrogen) atoms. The van der Waals surface area contributed by atoms with E-state index in [1.165, 1.54) is 17.4 Å². The first-order valence-electron chi connectivity index (χ1n) is 9.80. The van der Waals surface area contributed by atoms with Crippen molar-refractivity contribution in [1.29, 1.82) is 0 Å². The number of fused-ring (bicyclic) bond motifs is 1. The molecular weight excluding hydrogens is 404 g/mol. The van der Waals surface area contributed by atoms with Gasteiger partial charge in [0, 0.05) is 16.5 Å². The van der Waals surface area contributed by atoms with Crippen molar-refractivity contribution in [2.75, 3.05) is 18.5 Å². The van der Waals surface area contributed by atoms with Gasteiger partial charge in [-0.25, -0.2) is 4.79 Å². The third-order valence-corrected chi connectivity index (χ3v) is 5.84. The Bertz CT molecular complexity index is 980. The molecule has 0 saturated heterocycles. The molecule has 0 fully saturated rings. The average molecular weight is 429 g/mol. The third-order valence-electron chi connectivity index (χ3n) is 4.63. The number of nitrogens with one attached hydrogen (secondary N) is 1. The fourth-order valence-corrected chi connectivity index (χ4v) is 4.64. The maximum atomic E-state index is 12.2. The van der Waals surface area contributed by atoms with Crippen LogP contribution in [0.25, 0.3) is 6.08 Å². The van der Waals surface area contributed by atoms with Crippen LogP contribution in [-0.2, 0) is 27.2 Å². The number of primary amides is 1. The monoisotopic (exact) mass is 428 g/mol. The molecule has 3 N–H and O–H groups in total. The Morgan fingerprint density at radius 3 is 2.73 bits per heavy atom. The number of aryl methyl sites for hydroxylation is 1. The Labute approximate surface area is 178 Å². The average Bonchev–Trinajstić information content (AvgIpc) is 3.09. The summed E-state index contributed by atoms with van der Waals surface area (Å²) in [6.07, 6.45) is 6.51. The van der Waals surface area contributed by atoms with E-state index in [0.29, 0.717) is 22.9 Å². The van der Waals surface area contributed by atoms with Gasteiger partial charge in [0.1, 0.15) is 10.8 Å². The third kappa shape index (κ3) is 5.27. The van der Waals surface area contributed by atoms with Crippen LogP contribution in [0.4, 0.5) is 5.00 Å². The Balaban J connectivity index is 1.58. The summed E-state index contributed by atoms with van der Waals surface area (Å²) in [5, 5.41) is 3.09. The molecule has 0 saturated carbocycles. The number of carbonyl (C=O) groups is 3. The van der Waals surface area contributed by atoms with Gasteiger partial charge >= 0.3 is 5.97 Å². The predicted molar refractivity (Wildman–Crippen MR) is 116 cm³/mol. The highest BCUT2D eigenvalue weighted by Crippen LogP contribution is 2.37. The van der Waals surface area contributed by atoms with Crippen LogP contribution in [0, 0.1) is 0 Å². The first-order valence-corrected chi connectivity index (χ1v) is 10.6. The van der Waals surface area contributed by atoms with E-state index in [2.05, 4.69) is 5.32 Å². The molecule has 1 aromatic carbocycles. The SMILES string of the molecule is CCOc1ccccc1/C=C/C(=O)OCC(=O)Nc1sc2c(c1C(N)=O)CCCC2. The first-order chi connectivity index (χ1) is 14.5. The number of amides is 2. The maximum absolute atomic E-state index is 12.2. The van der Waals surface area contributed by atoms with E-state index in [4.69, 9.17) is 15.2 Å². The van der Waals surface area contributed by atoms with Gasteiger partial charge in [0.05, 0.1) is 12.2 Å². The number of esters is 1. The van der Waals surface area contributed by atoms with Crippen molar-refractivity contribution in [2.45, 2.75) is 32.6 Å². The predicted octanol–water partition coefficient (Wildman–Crippen LogP) is 3.32. The van der Waals surface area contributed by atoms with Crippen molar-refractivity contribution in [3.8, 4) is 5.75 Å². The summed E-state index contributed by atoms with van der Waals surface area (Å²) in [7, 11) is 0. The molecule has 0 bridgehead atoms. The molecule has 1 aliphatic rings. The Kier molecular flexibility index (Phi) is 7.24. The molecule has 7 nitrogen and oxygen atoms in total. The van der Waals surface area contributed by atoms with Gasteiger partial charge < -0.3 is 20.5 Å². The van der Waals surface area contributed by atoms with Crippen LogP contribution >= 0.6 is 11.3 Å². The summed E-state index contributed by atoms with van der Waals surface area (Å²) in [4.78, 5) is 37.2. The second kappa shape index (κ2) is 10.1. The zero-order chi connectivity index (χ0) is 21.5. The number of carbonyl (C=O) groups excluding carboxylic acids is 3. The van der Waals surface area contributed by atoms with E-state index in [1.807, 2.05) is 25.1 Å². The lowest BCUT2D eigenvalue weighted by molar-refractivity contribution is -0.142. The fraction of sp³-hybridized carbons (Fsp3) is 0.318. The lowest BCUT2D eigenvalue weighted by atomic mass is 9.95. The summed E-state index contributed by atoms with van der Waals surface area (Å²) < 4.78 is 10.5. The summed E-state index contributed by atoms with van der Waals surface area (Å²) in [5.41, 5.74) is 7.56. The van der Waals surface area contributed by atoms with Gasteiger partial charge in [-0.1, -0.05) is 18.2 Å². The zero-order valence-electron chi connectivity index (χ0n) is 16.7. The molecule has 158 valence electrons. The Hall–Kier alpha value is -3.13. The van der Waals surface area contributed by atoms with E-state index in [9.17, 15) is 14.4 Å². The van der Waals surface area contributed by atoms with Gasteiger partial charge in [0.25, 0.3) is 11.8 Å². The van der Waals surface area contributed by atoms with Crippen molar-refractivity contribution in [1.82, 2.24) is 0 Å². The van der Waals surface area contributed by atoms with Gasteiger partial charge in [-0.15, -0.1) is 11.3 Å². The lowest BCUT2D eigenvalue weighted by Crippen LogP contribution is -2.22. The van der Waals surface area contributed by atoms with Crippen molar-refractivity contribution in [3.05, 3.63) is 51.9 Å². The van der Waals surface area contributed by atoms with Crippen molar-refractivity contribution in [3.63, 3.8) is 0 Å². The molecule has 0 radical (unpaired) electrons. The molecule has 0 aliphatic heterocycles. The number of benzene rings is 1. The summed E-state index contributed by atoms with van der Waals surface area (Å²) in [6, 6.07) is 7.29. The number of rotatable bonds is 8. The normalized spacial score (nSPS) is 13.0. The van der Waals surface area contributed by atoms with Crippen LogP contribution in [0.1, 0.15) is 46.1 Å². The van der Waals surface area contributed by atoms with Gasteiger partial charge in [0.15, 0.2) is 6.61 Å². The van der Waals surface area contributed by atoms with Crippen molar-refractivity contribution in [2.24, 2.45) is 5.73 Å². The summed E-state index contributed by atoms with van der Waals surface area (Å²) in [5.74, 6) is -1.08. The quantitative estimate of drug-likeness (QED) is 0.495. The largest absolute Gasteiger partial charge is 0.493 e. The van der Waals surface area contributed by atoms with Gasteiger partial charge in [-0.2, -0.15) is 0 Å². The number of ether oxygens (including phenoxy) is 2. The topological polar surface area (TPSA) is 108 Å². The minimum Gasteiger partial charge on any atom is -0.493 e. The molecule has 2 amide bonds. The van der Waals surface area contributed by atoms with Crippen LogP contribution in [-0.4, -0.2) is 31.0 Å². The molecule has 3 rings (SSSR count). The summed E-state index contributed by atoms with van der Waals surface area (Å²) in [6.45, 7) is 1.92. The lowest BCUT2D eigenvalue weighted by Gasteiger charge is -2.11. The van der Waals surface area contributed by atoms with Crippen LogP contribution in [0.2, 0.25) is 0 Å². The van der Waals surface area contributed by atoms with E-state index in [1.54, 1.807) is 12.1 Å². The van der Waals surface area contributed by atoms with E-state index in [0.717, 1.165) is 41.7 Å². The van der Waals surface area contributed by atoms with E-state index < -0.39 is 24.4 Å². The fourth-order valence-electron chi connectivity index (χ4n) is 3.33. The Morgan fingerprint density at radius 2 is 1.97 bits per heavy atom.